The Labute approximate surface area is 155 Å². The number of fused-ring (bicyclic) bond motifs is 1. The van der Waals surface area contributed by atoms with Crippen molar-refractivity contribution in [3.8, 4) is 16.9 Å². The van der Waals surface area contributed by atoms with Crippen LogP contribution in [0.3, 0.4) is 0 Å². The molecular formula is C22H27NO3. The summed E-state index contributed by atoms with van der Waals surface area (Å²) in [6, 6.07) is 10.6. The van der Waals surface area contributed by atoms with Crippen LogP contribution in [0.4, 0.5) is 0 Å². The molecule has 2 aromatic carbocycles. The molecule has 2 aliphatic heterocycles. The molecule has 0 spiro atoms. The van der Waals surface area contributed by atoms with E-state index in [1.807, 2.05) is 0 Å². The molecule has 1 fully saturated rings. The fraction of sp³-hybridized carbons (Fsp3) is 0.455. The predicted octanol–water partition coefficient (Wildman–Crippen LogP) is 4.41. The summed E-state index contributed by atoms with van der Waals surface area (Å²) in [6.45, 7) is 6.22. The highest BCUT2D eigenvalue weighted by Crippen LogP contribution is 2.41. The van der Waals surface area contributed by atoms with E-state index in [2.05, 4.69) is 44.2 Å². The first-order valence-corrected chi connectivity index (χ1v) is 9.48. The zero-order valence-corrected chi connectivity index (χ0v) is 15.6. The number of nitrogens with two attached hydrogens (primary N) is 1. The molecule has 0 aromatic heterocycles. The smallest absolute Gasteiger partial charge is 0.158 e. The van der Waals surface area contributed by atoms with Gasteiger partial charge in [-0.25, -0.2) is 0 Å². The molecule has 26 heavy (non-hydrogen) atoms. The van der Waals surface area contributed by atoms with Gasteiger partial charge in [0.05, 0.1) is 12.6 Å². The number of hydrogen-bond acceptors (Lipinski definition) is 4. The molecule has 0 aliphatic carbocycles. The summed E-state index contributed by atoms with van der Waals surface area (Å²) in [5.41, 5.74) is 13.4. The van der Waals surface area contributed by atoms with Crippen LogP contribution in [-0.4, -0.2) is 19.5 Å². The Bertz CT molecular complexity index is 796. The Hall–Kier alpha value is -1.88. The molecule has 4 rings (SSSR count). The number of benzene rings is 2. The van der Waals surface area contributed by atoms with Crippen LogP contribution in [0, 0.1) is 13.8 Å². The number of rotatable bonds is 4. The van der Waals surface area contributed by atoms with Gasteiger partial charge in [-0.3, -0.25) is 0 Å². The van der Waals surface area contributed by atoms with Crippen molar-refractivity contribution in [2.24, 2.45) is 5.73 Å². The third-order valence-electron chi connectivity index (χ3n) is 5.37. The average molecular weight is 353 g/mol. The second-order valence-electron chi connectivity index (χ2n) is 7.33. The second kappa shape index (κ2) is 7.39. The molecule has 2 aromatic rings. The van der Waals surface area contributed by atoms with Crippen molar-refractivity contribution in [2.75, 3.05) is 13.2 Å². The molecular weight excluding hydrogens is 326 g/mol. The van der Waals surface area contributed by atoms with Crippen LogP contribution in [0.25, 0.3) is 11.1 Å². The van der Waals surface area contributed by atoms with Crippen LogP contribution >= 0.6 is 0 Å². The minimum absolute atomic E-state index is 0.0423. The molecule has 1 saturated heterocycles. The van der Waals surface area contributed by atoms with Gasteiger partial charge < -0.3 is 19.9 Å². The minimum atomic E-state index is -0.0639. The first-order valence-electron chi connectivity index (χ1n) is 9.48. The number of aryl methyl sites for hydroxylation is 1. The van der Waals surface area contributed by atoms with Crippen LogP contribution in [0.2, 0.25) is 0 Å². The zero-order chi connectivity index (χ0) is 18.1. The first-order chi connectivity index (χ1) is 12.6. The summed E-state index contributed by atoms with van der Waals surface area (Å²) in [5.74, 6) is 0.935. The fourth-order valence-electron chi connectivity index (χ4n) is 4.10. The average Bonchev–Trinajstić information content (AvgIpc) is 3.02. The standard InChI is InChI=1S/C22H27NO3/c1-14-10-19-22(18(23)13-25-19)15(2)21(14)17-7-5-6-16(11-17)12-26-20-8-3-4-9-24-20/h5-7,10-11,18,20H,3-4,8-9,12-13,23H2,1-2H3. The summed E-state index contributed by atoms with van der Waals surface area (Å²) in [7, 11) is 0. The predicted molar refractivity (Wildman–Crippen MR) is 102 cm³/mol. The molecule has 2 atom stereocenters. The maximum absolute atomic E-state index is 6.25. The molecule has 0 radical (unpaired) electrons. The van der Waals surface area contributed by atoms with Crippen molar-refractivity contribution < 1.29 is 14.2 Å². The second-order valence-corrected chi connectivity index (χ2v) is 7.33. The van der Waals surface area contributed by atoms with Gasteiger partial charge >= 0.3 is 0 Å². The van der Waals surface area contributed by atoms with E-state index >= 15 is 0 Å². The van der Waals surface area contributed by atoms with E-state index in [1.54, 1.807) is 0 Å². The van der Waals surface area contributed by atoms with Gasteiger partial charge in [0.15, 0.2) is 6.29 Å². The summed E-state index contributed by atoms with van der Waals surface area (Å²) >= 11 is 0. The molecule has 2 unspecified atom stereocenters. The lowest BCUT2D eigenvalue weighted by atomic mass is 9.89. The third kappa shape index (κ3) is 3.37. The van der Waals surface area contributed by atoms with E-state index in [4.69, 9.17) is 19.9 Å². The highest BCUT2D eigenvalue weighted by Gasteiger charge is 2.26. The van der Waals surface area contributed by atoms with Crippen LogP contribution in [0.15, 0.2) is 30.3 Å². The van der Waals surface area contributed by atoms with Crippen molar-refractivity contribution in [1.82, 2.24) is 0 Å². The van der Waals surface area contributed by atoms with Crippen LogP contribution in [0.5, 0.6) is 5.75 Å². The summed E-state index contributed by atoms with van der Waals surface area (Å²) in [4.78, 5) is 0. The molecule has 0 amide bonds. The van der Waals surface area contributed by atoms with E-state index in [0.717, 1.165) is 36.3 Å². The van der Waals surface area contributed by atoms with E-state index in [-0.39, 0.29) is 12.3 Å². The SMILES string of the molecule is Cc1cc2c(c(C)c1-c1cccc(COC3CCCCO3)c1)C(N)CO2. The molecule has 4 nitrogen and oxygen atoms in total. The Morgan fingerprint density at radius 1 is 1.19 bits per heavy atom. The van der Waals surface area contributed by atoms with Gasteiger partial charge in [0, 0.05) is 12.2 Å². The number of ether oxygens (including phenoxy) is 3. The van der Waals surface area contributed by atoms with Gasteiger partial charge in [-0.05, 0) is 73.1 Å². The topological polar surface area (TPSA) is 53.7 Å². The summed E-state index contributed by atoms with van der Waals surface area (Å²) in [6.07, 6.45) is 3.24. The Balaban J connectivity index is 1.59. The van der Waals surface area contributed by atoms with Crippen LogP contribution < -0.4 is 10.5 Å². The maximum atomic E-state index is 6.25. The molecule has 0 bridgehead atoms. The number of hydrogen-bond donors (Lipinski definition) is 1. The summed E-state index contributed by atoms with van der Waals surface area (Å²) < 4.78 is 17.3. The molecule has 2 heterocycles. The van der Waals surface area contributed by atoms with E-state index < -0.39 is 0 Å². The Morgan fingerprint density at radius 2 is 2.08 bits per heavy atom. The highest BCUT2D eigenvalue weighted by atomic mass is 16.7. The molecule has 138 valence electrons. The third-order valence-corrected chi connectivity index (χ3v) is 5.37. The lowest BCUT2D eigenvalue weighted by Crippen LogP contribution is -2.21. The van der Waals surface area contributed by atoms with Crippen molar-refractivity contribution in [1.29, 1.82) is 0 Å². The van der Waals surface area contributed by atoms with Gasteiger partial charge in [-0.2, -0.15) is 0 Å². The van der Waals surface area contributed by atoms with Gasteiger partial charge in [-0.1, -0.05) is 18.2 Å². The monoisotopic (exact) mass is 353 g/mol. The molecule has 4 heteroatoms. The lowest BCUT2D eigenvalue weighted by Gasteiger charge is -2.23. The Kier molecular flexibility index (Phi) is 4.98. The molecule has 2 N–H and O–H groups in total. The Morgan fingerprint density at radius 3 is 2.88 bits per heavy atom. The van der Waals surface area contributed by atoms with Gasteiger partial charge in [-0.15, -0.1) is 0 Å². The lowest BCUT2D eigenvalue weighted by molar-refractivity contribution is -0.168. The van der Waals surface area contributed by atoms with Crippen molar-refractivity contribution >= 4 is 0 Å². The first kappa shape index (κ1) is 17.5. The quantitative estimate of drug-likeness (QED) is 0.885. The molecule has 2 aliphatic rings. The highest BCUT2D eigenvalue weighted by molar-refractivity contribution is 5.75. The normalized spacial score (nSPS) is 22.1. The van der Waals surface area contributed by atoms with Crippen molar-refractivity contribution in [3.05, 3.63) is 52.6 Å². The zero-order valence-electron chi connectivity index (χ0n) is 15.6. The van der Waals surface area contributed by atoms with Gasteiger partial charge in [0.1, 0.15) is 12.4 Å². The van der Waals surface area contributed by atoms with E-state index in [0.29, 0.717) is 13.2 Å². The van der Waals surface area contributed by atoms with Crippen molar-refractivity contribution in [2.45, 2.75) is 52.0 Å². The van der Waals surface area contributed by atoms with Gasteiger partial charge in [0.2, 0.25) is 0 Å². The fourth-order valence-corrected chi connectivity index (χ4v) is 4.10. The van der Waals surface area contributed by atoms with Crippen LogP contribution in [0.1, 0.15) is 47.6 Å². The largest absolute Gasteiger partial charge is 0.491 e. The van der Waals surface area contributed by atoms with Crippen LogP contribution in [-0.2, 0) is 16.1 Å². The minimum Gasteiger partial charge on any atom is -0.491 e. The summed E-state index contributed by atoms with van der Waals surface area (Å²) in [5, 5.41) is 0. The van der Waals surface area contributed by atoms with E-state index in [9.17, 15) is 0 Å². The van der Waals surface area contributed by atoms with Gasteiger partial charge in [0.25, 0.3) is 0 Å². The maximum Gasteiger partial charge on any atom is 0.158 e. The molecule has 0 saturated carbocycles. The van der Waals surface area contributed by atoms with Crippen molar-refractivity contribution in [3.63, 3.8) is 0 Å². The van der Waals surface area contributed by atoms with E-state index in [1.165, 1.54) is 28.7 Å².